The summed E-state index contributed by atoms with van der Waals surface area (Å²) >= 11 is 1.43. The average Bonchev–Trinajstić information content (AvgIpc) is 3.28. The lowest BCUT2D eigenvalue weighted by Gasteiger charge is -2.30. The van der Waals surface area contributed by atoms with E-state index in [0.717, 1.165) is 59.9 Å². The number of aromatic nitrogens is 3. The number of piperazine rings is 1. The Morgan fingerprint density at radius 1 is 1.11 bits per heavy atom. The number of nitrogens with zero attached hydrogens (tertiary/aromatic N) is 5. The fraction of sp³-hybridized carbons (Fsp3) is 0.417. The van der Waals surface area contributed by atoms with Crippen LogP contribution in [0.5, 0.6) is 5.75 Å². The number of benzene rings is 1. The summed E-state index contributed by atoms with van der Waals surface area (Å²) in [7, 11) is 0. The second kappa shape index (κ2) is 8.65. The molecule has 3 N–H and O–H groups in total. The lowest BCUT2D eigenvalue weighted by atomic mass is 9.94. The summed E-state index contributed by atoms with van der Waals surface area (Å²) in [6, 6.07) is 9.91. The van der Waals surface area contributed by atoms with Crippen LogP contribution in [0.3, 0.4) is 0 Å². The van der Waals surface area contributed by atoms with Crippen LogP contribution in [0.2, 0.25) is 0 Å². The van der Waals surface area contributed by atoms with Crippen LogP contribution in [0.1, 0.15) is 29.2 Å². The summed E-state index contributed by atoms with van der Waals surface area (Å²) in [5.74, 6) is 2.31. The number of hydrogen-bond acceptors (Lipinski definition) is 10. The molecule has 0 saturated carbocycles. The minimum Gasteiger partial charge on any atom is -0.490 e. The first-order valence-electron chi connectivity index (χ1n) is 11.9. The van der Waals surface area contributed by atoms with Crippen molar-refractivity contribution < 1.29 is 9.53 Å². The third-order valence-corrected chi connectivity index (χ3v) is 7.49. The summed E-state index contributed by atoms with van der Waals surface area (Å²) in [4.78, 5) is 22.5. The molecular formula is C24H28N8O2S. The van der Waals surface area contributed by atoms with E-state index in [1.807, 2.05) is 44.2 Å². The van der Waals surface area contributed by atoms with Gasteiger partial charge >= 0.3 is 0 Å². The molecule has 0 unspecified atom stereocenters. The first-order valence-corrected chi connectivity index (χ1v) is 12.7. The second-order valence-corrected chi connectivity index (χ2v) is 10.6. The molecular weight excluding hydrogens is 464 g/mol. The molecule has 10 nitrogen and oxygen atoms in total. The number of amides is 1. The van der Waals surface area contributed by atoms with Crippen LogP contribution in [0, 0.1) is 0 Å². The summed E-state index contributed by atoms with van der Waals surface area (Å²) in [5, 5.41) is 19.4. The van der Waals surface area contributed by atoms with E-state index in [4.69, 9.17) is 9.72 Å². The molecule has 5 heterocycles. The molecule has 1 saturated heterocycles. The Bertz CT molecular complexity index is 1250. The normalized spacial score (nSPS) is 18.9. The highest BCUT2D eigenvalue weighted by molar-refractivity contribution is 7.17. The van der Waals surface area contributed by atoms with Crippen molar-refractivity contribution in [3.8, 4) is 5.75 Å². The molecule has 1 amide bonds. The fourth-order valence-corrected chi connectivity index (χ4v) is 5.69. The smallest absolute Gasteiger partial charge is 0.263 e. The molecule has 3 aliphatic rings. The fourth-order valence-electron chi connectivity index (χ4n) is 4.68. The van der Waals surface area contributed by atoms with Crippen LogP contribution < -0.4 is 30.5 Å². The Balaban J connectivity index is 1.24. The maximum absolute atomic E-state index is 12.6. The van der Waals surface area contributed by atoms with Crippen LogP contribution in [-0.2, 0) is 6.42 Å². The van der Waals surface area contributed by atoms with Crippen LogP contribution in [-0.4, -0.2) is 66.0 Å². The summed E-state index contributed by atoms with van der Waals surface area (Å²) in [6.45, 7) is 9.04. The third-order valence-electron chi connectivity index (χ3n) is 6.37. The maximum atomic E-state index is 12.6. The number of carbonyl (C=O) groups excluding carboxylic acids is 1. The number of rotatable bonds is 4. The monoisotopic (exact) mass is 492 g/mol. The highest BCUT2D eigenvalue weighted by Gasteiger charge is 2.34. The largest absolute Gasteiger partial charge is 0.490 e. The molecule has 0 spiro atoms. The van der Waals surface area contributed by atoms with Crippen molar-refractivity contribution in [2.75, 3.05) is 54.4 Å². The van der Waals surface area contributed by atoms with Crippen LogP contribution in [0.15, 0.2) is 30.3 Å². The number of carbonyl (C=O) groups is 1. The van der Waals surface area contributed by atoms with Crippen molar-refractivity contribution >= 4 is 45.4 Å². The standard InChI is InChI=1S/C24H28N8O2S/c1-24(2)14-16-21(22(33)28-24)35-23(27-16)32-11-12-34-18-4-3-15(13-17(18)32)26-19-5-6-20(30-29-19)31-9-7-25-8-10-31/h3-6,13,25H,7-12,14H2,1-2H3,(H,26,29)(H,28,33). The summed E-state index contributed by atoms with van der Waals surface area (Å²) in [5.41, 5.74) is 2.36. The molecule has 6 rings (SSSR count). The van der Waals surface area contributed by atoms with Gasteiger partial charge in [0, 0.05) is 43.8 Å². The Hall–Kier alpha value is -3.44. The van der Waals surface area contributed by atoms with Crippen molar-refractivity contribution in [1.82, 2.24) is 25.8 Å². The zero-order valence-corrected chi connectivity index (χ0v) is 20.6. The van der Waals surface area contributed by atoms with E-state index < -0.39 is 0 Å². The van der Waals surface area contributed by atoms with Gasteiger partial charge in [-0.2, -0.15) is 0 Å². The molecule has 2 aromatic heterocycles. The Morgan fingerprint density at radius 2 is 1.97 bits per heavy atom. The highest BCUT2D eigenvalue weighted by Crippen LogP contribution is 2.42. The molecule has 11 heteroatoms. The SMILES string of the molecule is CC1(C)Cc2nc(N3CCOc4ccc(Nc5ccc(N6CCNCC6)nn5)cc43)sc2C(=O)N1. The quantitative estimate of drug-likeness (QED) is 0.507. The van der Waals surface area contributed by atoms with Crippen LogP contribution >= 0.6 is 11.3 Å². The predicted octanol–water partition coefficient (Wildman–Crippen LogP) is 2.68. The summed E-state index contributed by atoms with van der Waals surface area (Å²) < 4.78 is 5.91. The minimum absolute atomic E-state index is 0.0493. The molecule has 0 atom stereocenters. The van der Waals surface area contributed by atoms with Crippen molar-refractivity contribution in [1.29, 1.82) is 0 Å². The molecule has 3 aliphatic heterocycles. The Labute approximate surface area is 207 Å². The molecule has 0 bridgehead atoms. The molecule has 182 valence electrons. The van der Waals surface area contributed by atoms with E-state index in [0.29, 0.717) is 30.3 Å². The molecule has 3 aromatic rings. The number of fused-ring (bicyclic) bond motifs is 2. The predicted molar refractivity (Wildman–Crippen MR) is 137 cm³/mol. The van der Waals surface area contributed by atoms with Gasteiger partial charge in [-0.3, -0.25) is 4.79 Å². The third kappa shape index (κ3) is 4.37. The van der Waals surface area contributed by atoms with E-state index in [-0.39, 0.29) is 11.4 Å². The molecule has 1 fully saturated rings. The van der Waals surface area contributed by atoms with Gasteiger partial charge < -0.3 is 30.5 Å². The number of hydrogen-bond donors (Lipinski definition) is 3. The first kappa shape index (κ1) is 22.1. The van der Waals surface area contributed by atoms with E-state index in [2.05, 4.69) is 35.9 Å². The lowest BCUT2D eigenvalue weighted by Crippen LogP contribution is -2.48. The Morgan fingerprint density at radius 3 is 2.77 bits per heavy atom. The number of anilines is 5. The first-order chi connectivity index (χ1) is 16.9. The van der Waals surface area contributed by atoms with E-state index in [1.54, 1.807) is 0 Å². The van der Waals surface area contributed by atoms with Gasteiger partial charge in [0.25, 0.3) is 5.91 Å². The van der Waals surface area contributed by atoms with E-state index in [9.17, 15) is 4.79 Å². The molecule has 35 heavy (non-hydrogen) atoms. The van der Waals surface area contributed by atoms with Gasteiger partial charge in [0.2, 0.25) is 0 Å². The summed E-state index contributed by atoms with van der Waals surface area (Å²) in [6.07, 6.45) is 0.714. The van der Waals surface area contributed by atoms with Gasteiger partial charge in [0.1, 0.15) is 17.2 Å². The number of ether oxygens (including phenoxy) is 1. The number of thiazole rings is 1. The zero-order chi connectivity index (χ0) is 24.0. The average molecular weight is 493 g/mol. The van der Waals surface area contributed by atoms with Crippen molar-refractivity contribution in [2.24, 2.45) is 0 Å². The zero-order valence-electron chi connectivity index (χ0n) is 19.8. The van der Waals surface area contributed by atoms with Gasteiger partial charge in [0.15, 0.2) is 16.8 Å². The van der Waals surface area contributed by atoms with Crippen molar-refractivity contribution in [3.05, 3.63) is 40.9 Å². The maximum Gasteiger partial charge on any atom is 0.263 e. The number of nitrogens with one attached hydrogen (secondary N) is 3. The van der Waals surface area contributed by atoms with Crippen molar-refractivity contribution in [3.63, 3.8) is 0 Å². The Kier molecular flexibility index (Phi) is 5.45. The molecule has 1 aromatic carbocycles. The molecule has 0 radical (unpaired) electrons. The second-order valence-electron chi connectivity index (χ2n) is 9.61. The van der Waals surface area contributed by atoms with Crippen LogP contribution in [0.4, 0.5) is 28.1 Å². The van der Waals surface area contributed by atoms with Gasteiger partial charge in [0.05, 0.1) is 17.9 Å². The topological polar surface area (TPSA) is 108 Å². The van der Waals surface area contributed by atoms with Crippen molar-refractivity contribution in [2.45, 2.75) is 25.8 Å². The van der Waals surface area contributed by atoms with Crippen LogP contribution in [0.25, 0.3) is 0 Å². The molecule has 0 aliphatic carbocycles. The minimum atomic E-state index is -0.295. The van der Waals surface area contributed by atoms with E-state index in [1.165, 1.54) is 11.3 Å². The van der Waals surface area contributed by atoms with Gasteiger partial charge in [-0.05, 0) is 44.2 Å². The van der Waals surface area contributed by atoms with E-state index >= 15 is 0 Å². The highest BCUT2D eigenvalue weighted by atomic mass is 32.1. The van der Waals surface area contributed by atoms with Gasteiger partial charge in [-0.15, -0.1) is 10.2 Å². The van der Waals surface area contributed by atoms with Gasteiger partial charge in [-0.1, -0.05) is 11.3 Å². The van der Waals surface area contributed by atoms with Gasteiger partial charge in [-0.25, -0.2) is 4.98 Å². The lowest BCUT2D eigenvalue weighted by molar-refractivity contribution is 0.0901.